The highest BCUT2D eigenvalue weighted by molar-refractivity contribution is 5.92. The quantitative estimate of drug-likeness (QED) is 0.229. The molecule has 0 aromatic rings. The van der Waals surface area contributed by atoms with Gasteiger partial charge in [0.2, 0.25) is 0 Å². The van der Waals surface area contributed by atoms with Gasteiger partial charge in [0.05, 0.1) is 17.6 Å². The van der Waals surface area contributed by atoms with Crippen LogP contribution in [0.3, 0.4) is 0 Å². The van der Waals surface area contributed by atoms with Gasteiger partial charge in [-0.2, -0.15) is 0 Å². The van der Waals surface area contributed by atoms with Crippen molar-refractivity contribution >= 4 is 17.9 Å². The van der Waals surface area contributed by atoms with Crippen LogP contribution in [0.4, 0.5) is 0 Å². The molecule has 2 aliphatic heterocycles. The van der Waals surface area contributed by atoms with Gasteiger partial charge >= 0.3 is 17.9 Å². The van der Waals surface area contributed by atoms with Crippen molar-refractivity contribution in [3.05, 3.63) is 48.1 Å². The Hall–Kier alpha value is -2.67. The molecule has 0 radical (unpaired) electrons. The van der Waals surface area contributed by atoms with Gasteiger partial charge in [0.25, 0.3) is 0 Å². The van der Waals surface area contributed by atoms with E-state index < -0.39 is 47.7 Å². The van der Waals surface area contributed by atoms with Crippen molar-refractivity contribution in [1.82, 2.24) is 0 Å². The zero-order valence-corrected chi connectivity index (χ0v) is 17.9. The predicted molar refractivity (Wildman–Crippen MR) is 108 cm³/mol. The van der Waals surface area contributed by atoms with Crippen LogP contribution in [0, 0.1) is 5.92 Å². The summed E-state index contributed by atoms with van der Waals surface area (Å²) in [4.78, 5) is 36.7. The van der Waals surface area contributed by atoms with Crippen LogP contribution in [-0.4, -0.2) is 47.9 Å². The summed E-state index contributed by atoms with van der Waals surface area (Å²) in [5.74, 6) is -2.16. The molecule has 2 fully saturated rings. The largest absolute Gasteiger partial charge is 0.458 e. The molecular formula is C23H28O7. The van der Waals surface area contributed by atoms with Gasteiger partial charge in [-0.15, -0.1) is 0 Å². The van der Waals surface area contributed by atoms with Crippen molar-refractivity contribution in [1.29, 1.82) is 0 Å². The average Bonchev–Trinajstić information content (AvgIpc) is 3.18. The molecule has 30 heavy (non-hydrogen) atoms. The summed E-state index contributed by atoms with van der Waals surface area (Å²) in [7, 11) is 0. The normalized spacial score (nSPS) is 36.9. The number of carbonyl (C=O) groups excluding carboxylic acids is 3. The molecule has 0 spiro atoms. The minimum absolute atomic E-state index is 0.197. The summed E-state index contributed by atoms with van der Waals surface area (Å²) >= 11 is 0. The fraction of sp³-hybridized carbons (Fsp3) is 0.522. The second-order valence-electron chi connectivity index (χ2n) is 8.59. The molecule has 0 N–H and O–H groups in total. The van der Waals surface area contributed by atoms with E-state index >= 15 is 0 Å². The van der Waals surface area contributed by atoms with E-state index in [1.165, 1.54) is 0 Å². The van der Waals surface area contributed by atoms with Crippen molar-refractivity contribution in [3.63, 3.8) is 0 Å². The summed E-state index contributed by atoms with van der Waals surface area (Å²) in [5.41, 5.74) is 0.912. The number of fused-ring (bicyclic) bond motifs is 2. The Labute approximate surface area is 176 Å². The van der Waals surface area contributed by atoms with E-state index in [4.69, 9.17) is 18.9 Å². The molecule has 2 saturated heterocycles. The van der Waals surface area contributed by atoms with E-state index in [0.717, 1.165) is 0 Å². The van der Waals surface area contributed by atoms with Crippen LogP contribution in [0.1, 0.15) is 40.5 Å². The molecule has 6 atom stereocenters. The molecule has 1 aliphatic carbocycles. The molecule has 3 aliphatic rings. The van der Waals surface area contributed by atoms with Gasteiger partial charge < -0.3 is 18.9 Å². The molecule has 0 bridgehead atoms. The zero-order valence-electron chi connectivity index (χ0n) is 17.9. The molecule has 7 nitrogen and oxygen atoms in total. The Balaban J connectivity index is 1.98. The first-order valence-electron chi connectivity index (χ1n) is 9.92. The molecule has 7 heteroatoms. The minimum atomic E-state index is -0.696. The maximum atomic E-state index is 12.3. The van der Waals surface area contributed by atoms with Crippen LogP contribution >= 0.6 is 0 Å². The summed E-state index contributed by atoms with van der Waals surface area (Å²) < 4.78 is 22.8. The maximum Gasteiger partial charge on any atom is 0.334 e. The molecule has 2 unspecified atom stereocenters. The Kier molecular flexibility index (Phi) is 5.78. The van der Waals surface area contributed by atoms with Gasteiger partial charge in [0.15, 0.2) is 0 Å². The van der Waals surface area contributed by atoms with Crippen molar-refractivity contribution in [2.75, 3.05) is 0 Å². The van der Waals surface area contributed by atoms with E-state index in [0.29, 0.717) is 24.0 Å². The van der Waals surface area contributed by atoms with Gasteiger partial charge in [-0.1, -0.05) is 19.7 Å². The van der Waals surface area contributed by atoms with Crippen molar-refractivity contribution in [3.8, 4) is 0 Å². The molecule has 0 aromatic carbocycles. The van der Waals surface area contributed by atoms with Gasteiger partial charge in [-0.05, 0) is 39.3 Å². The first-order valence-corrected chi connectivity index (χ1v) is 9.92. The molecule has 0 amide bonds. The van der Waals surface area contributed by atoms with Gasteiger partial charge in [-0.3, -0.25) is 0 Å². The maximum absolute atomic E-state index is 12.3. The molecule has 162 valence electrons. The number of rotatable bonds is 4. The second kappa shape index (κ2) is 7.87. The lowest BCUT2D eigenvalue weighted by atomic mass is 9.82. The SMILES string of the molecule is C=C(C)C(=O)O[C@H]1CC2O[C@]2(C)C[C@@H](OC(=O)C(=C)C)C2C(=C)C(=O)O[C@@H]2/C=C\1C. The summed E-state index contributed by atoms with van der Waals surface area (Å²) in [6, 6.07) is 0. The summed E-state index contributed by atoms with van der Waals surface area (Å²) in [5, 5.41) is 0. The van der Waals surface area contributed by atoms with E-state index in [-0.39, 0.29) is 17.3 Å². The second-order valence-corrected chi connectivity index (χ2v) is 8.59. The number of esters is 3. The molecular weight excluding hydrogens is 388 g/mol. The van der Waals surface area contributed by atoms with Gasteiger partial charge in [-0.25, -0.2) is 14.4 Å². The number of hydrogen-bond donors (Lipinski definition) is 0. The predicted octanol–water partition coefficient (Wildman–Crippen LogP) is 2.96. The van der Waals surface area contributed by atoms with Gasteiger partial charge in [0.1, 0.15) is 18.3 Å². The average molecular weight is 416 g/mol. The van der Waals surface area contributed by atoms with E-state index in [1.54, 1.807) is 26.8 Å². The van der Waals surface area contributed by atoms with Crippen LogP contribution in [0.5, 0.6) is 0 Å². The number of hydrogen-bond acceptors (Lipinski definition) is 7. The molecule has 0 aromatic heterocycles. The molecule has 0 saturated carbocycles. The van der Waals surface area contributed by atoms with Crippen LogP contribution in [0.2, 0.25) is 0 Å². The van der Waals surface area contributed by atoms with E-state index in [1.807, 2.05) is 6.92 Å². The fourth-order valence-corrected chi connectivity index (χ4v) is 3.95. The van der Waals surface area contributed by atoms with E-state index in [2.05, 4.69) is 19.7 Å². The third-order valence-corrected chi connectivity index (χ3v) is 5.87. The van der Waals surface area contributed by atoms with Gasteiger partial charge in [0, 0.05) is 29.6 Å². The summed E-state index contributed by atoms with van der Waals surface area (Å²) in [6.07, 6.45) is 0.405. The Morgan fingerprint density at radius 3 is 2.37 bits per heavy atom. The first kappa shape index (κ1) is 22.0. The Morgan fingerprint density at radius 2 is 1.77 bits per heavy atom. The topological polar surface area (TPSA) is 91.4 Å². The van der Waals surface area contributed by atoms with Crippen LogP contribution in [-0.2, 0) is 33.3 Å². The van der Waals surface area contributed by atoms with Crippen LogP contribution < -0.4 is 0 Å². The lowest BCUT2D eigenvalue weighted by Crippen LogP contribution is -2.38. The van der Waals surface area contributed by atoms with Crippen molar-refractivity contribution in [2.24, 2.45) is 5.92 Å². The molecule has 2 heterocycles. The highest BCUT2D eigenvalue weighted by Crippen LogP contribution is 2.48. The molecule has 3 rings (SSSR count). The lowest BCUT2D eigenvalue weighted by Gasteiger charge is -2.29. The van der Waals surface area contributed by atoms with Crippen LogP contribution in [0.15, 0.2) is 48.1 Å². The van der Waals surface area contributed by atoms with Crippen LogP contribution in [0.25, 0.3) is 0 Å². The lowest BCUT2D eigenvalue weighted by molar-refractivity contribution is -0.149. The number of epoxide rings is 1. The number of carbonyl (C=O) groups is 3. The monoisotopic (exact) mass is 416 g/mol. The third kappa shape index (κ3) is 4.26. The smallest absolute Gasteiger partial charge is 0.334 e. The van der Waals surface area contributed by atoms with Crippen molar-refractivity contribution in [2.45, 2.75) is 70.6 Å². The third-order valence-electron chi connectivity index (χ3n) is 5.87. The number of ether oxygens (including phenoxy) is 4. The fourth-order valence-electron chi connectivity index (χ4n) is 3.95. The summed E-state index contributed by atoms with van der Waals surface area (Å²) in [6.45, 7) is 18.0. The highest BCUT2D eigenvalue weighted by Gasteiger charge is 2.58. The zero-order chi connectivity index (χ0) is 22.4. The Bertz CT molecular complexity index is 867. The standard InChI is InChI=1S/C23H28O7/c1-11(2)20(24)27-15-9-18-23(7,30-18)10-17(29-21(25)12(3)4)19-14(6)22(26)28-16(19)8-13(15)5/h8,15-19H,1,3,6,9-10H2,2,4-5,7H3/b13-8-/t15-,16+,17+,18?,19?,23+/m0/s1. The highest BCUT2D eigenvalue weighted by atomic mass is 16.6. The first-order chi connectivity index (χ1) is 13.9. The van der Waals surface area contributed by atoms with E-state index in [9.17, 15) is 14.4 Å². The Morgan fingerprint density at radius 1 is 1.17 bits per heavy atom. The van der Waals surface area contributed by atoms with Crippen molar-refractivity contribution < 1.29 is 33.3 Å². The minimum Gasteiger partial charge on any atom is -0.458 e.